The predicted molar refractivity (Wildman–Crippen MR) is 90.1 cm³/mol. The summed E-state index contributed by atoms with van der Waals surface area (Å²) in [5.41, 5.74) is 2.50. The summed E-state index contributed by atoms with van der Waals surface area (Å²) >= 11 is 0. The highest BCUT2D eigenvalue weighted by Crippen LogP contribution is 2.32. The average Bonchev–Trinajstić information content (AvgIpc) is 2.95. The molecule has 3 rings (SSSR count). The van der Waals surface area contributed by atoms with Crippen LogP contribution in [0.1, 0.15) is 23.3 Å². The van der Waals surface area contributed by atoms with E-state index >= 15 is 0 Å². The molecule has 7 heteroatoms. The fraction of sp³-hybridized carbons (Fsp3) is 0.412. The van der Waals surface area contributed by atoms with Crippen LogP contribution in [0.3, 0.4) is 0 Å². The zero-order valence-corrected chi connectivity index (χ0v) is 14.9. The lowest BCUT2D eigenvalue weighted by molar-refractivity contribution is 0.395. The molecule has 0 atom stereocenters. The molecule has 5 nitrogen and oxygen atoms in total. The van der Waals surface area contributed by atoms with E-state index in [0.29, 0.717) is 24.5 Å². The molecule has 24 heavy (non-hydrogen) atoms. The van der Waals surface area contributed by atoms with Crippen molar-refractivity contribution in [1.29, 1.82) is 0 Å². The summed E-state index contributed by atoms with van der Waals surface area (Å²) in [6.07, 6.45) is 1.78. The number of rotatable bonds is 4. The van der Waals surface area contributed by atoms with Gasteiger partial charge < -0.3 is 9.32 Å². The van der Waals surface area contributed by atoms with Crippen molar-refractivity contribution >= 4 is 15.7 Å². The zero-order chi connectivity index (χ0) is 17.5. The monoisotopic (exact) mass is 352 g/mol. The van der Waals surface area contributed by atoms with Gasteiger partial charge in [-0.1, -0.05) is 6.07 Å². The van der Waals surface area contributed by atoms with Crippen LogP contribution in [0.15, 0.2) is 33.8 Å². The van der Waals surface area contributed by atoms with E-state index in [4.69, 9.17) is 4.42 Å². The van der Waals surface area contributed by atoms with Gasteiger partial charge in [0.2, 0.25) is 5.09 Å². The summed E-state index contributed by atoms with van der Waals surface area (Å²) in [6, 6.07) is 6.62. The maximum absolute atomic E-state index is 14.4. The minimum Gasteiger partial charge on any atom is -0.446 e. The lowest BCUT2D eigenvalue weighted by atomic mass is 9.99. The number of furan rings is 1. The van der Waals surface area contributed by atoms with E-state index in [2.05, 4.69) is 0 Å². The normalized spacial score (nSPS) is 15.0. The summed E-state index contributed by atoms with van der Waals surface area (Å²) in [4.78, 5) is 1.92. The maximum atomic E-state index is 14.4. The number of halogens is 1. The molecule has 0 fully saturated rings. The number of sulfonamides is 1. The highest BCUT2D eigenvalue weighted by atomic mass is 32.2. The molecule has 1 aromatic heterocycles. The van der Waals surface area contributed by atoms with Crippen molar-refractivity contribution in [3.63, 3.8) is 0 Å². The van der Waals surface area contributed by atoms with Crippen LogP contribution in [0.5, 0.6) is 0 Å². The van der Waals surface area contributed by atoms with Gasteiger partial charge in [-0.05, 0) is 49.1 Å². The zero-order valence-electron chi connectivity index (χ0n) is 14.0. The third kappa shape index (κ3) is 3.06. The van der Waals surface area contributed by atoms with E-state index in [1.165, 1.54) is 26.2 Å². The molecular weight excluding hydrogens is 331 g/mol. The number of nitrogens with zero attached hydrogens (tertiary/aromatic N) is 2. The molecule has 0 bridgehead atoms. The van der Waals surface area contributed by atoms with Gasteiger partial charge in [-0.15, -0.1) is 0 Å². The number of benzene rings is 1. The minimum atomic E-state index is -3.60. The largest absolute Gasteiger partial charge is 0.446 e. The Morgan fingerprint density at radius 2 is 2.04 bits per heavy atom. The molecule has 0 N–H and O–H groups in total. The van der Waals surface area contributed by atoms with Crippen molar-refractivity contribution in [2.24, 2.45) is 0 Å². The van der Waals surface area contributed by atoms with Crippen molar-refractivity contribution in [1.82, 2.24) is 4.31 Å². The molecule has 2 heterocycles. The van der Waals surface area contributed by atoms with Crippen molar-refractivity contribution < 1.29 is 17.2 Å². The molecule has 130 valence electrons. The average molecular weight is 352 g/mol. The molecule has 1 aliphatic rings. The van der Waals surface area contributed by atoms with Gasteiger partial charge in [-0.25, -0.2) is 17.1 Å². The lowest BCUT2D eigenvalue weighted by Crippen LogP contribution is -2.29. The van der Waals surface area contributed by atoms with Crippen molar-refractivity contribution in [2.75, 3.05) is 25.5 Å². The first-order valence-corrected chi connectivity index (χ1v) is 9.28. The highest BCUT2D eigenvalue weighted by molar-refractivity contribution is 7.88. The Labute approximate surface area is 141 Å². The first-order chi connectivity index (χ1) is 11.3. The molecule has 0 saturated carbocycles. The Morgan fingerprint density at radius 1 is 1.29 bits per heavy atom. The van der Waals surface area contributed by atoms with Gasteiger partial charge in [-0.2, -0.15) is 0 Å². The van der Waals surface area contributed by atoms with E-state index in [1.54, 1.807) is 6.07 Å². The van der Waals surface area contributed by atoms with E-state index in [1.807, 2.05) is 17.9 Å². The lowest BCUT2D eigenvalue weighted by Gasteiger charge is -2.31. The van der Waals surface area contributed by atoms with E-state index in [-0.39, 0.29) is 10.9 Å². The van der Waals surface area contributed by atoms with Crippen LogP contribution in [-0.4, -0.2) is 33.4 Å². The first-order valence-electron chi connectivity index (χ1n) is 7.84. The summed E-state index contributed by atoms with van der Waals surface area (Å²) in [7, 11) is -0.688. The van der Waals surface area contributed by atoms with Crippen molar-refractivity contribution in [3.05, 3.63) is 47.0 Å². The van der Waals surface area contributed by atoms with E-state index in [0.717, 1.165) is 28.3 Å². The molecule has 0 radical (unpaired) electrons. The quantitative estimate of drug-likeness (QED) is 0.849. The fourth-order valence-corrected chi connectivity index (χ4v) is 3.84. The Bertz CT molecular complexity index is 859. The predicted octanol–water partition coefficient (Wildman–Crippen LogP) is 2.93. The van der Waals surface area contributed by atoms with Crippen LogP contribution in [0.4, 0.5) is 10.1 Å². The van der Waals surface area contributed by atoms with Gasteiger partial charge in [0.1, 0.15) is 11.6 Å². The standard InChI is InChI=1S/C17H21FN2O3S/c1-12-9-13-5-4-8-20(17(13)15(18)10-12)11-14-6-7-16(23-14)24(21,22)19(2)3/h6-7,9-10H,4-5,8,11H2,1-3H3. The van der Waals surface area contributed by atoms with Gasteiger partial charge >= 0.3 is 0 Å². The van der Waals surface area contributed by atoms with Gasteiger partial charge in [-0.3, -0.25) is 0 Å². The van der Waals surface area contributed by atoms with Gasteiger partial charge in [0.25, 0.3) is 10.0 Å². The smallest absolute Gasteiger partial charge is 0.275 e. The molecule has 0 amide bonds. The number of anilines is 1. The second kappa shape index (κ2) is 6.22. The van der Waals surface area contributed by atoms with Crippen LogP contribution in [0.25, 0.3) is 0 Å². The first kappa shape index (κ1) is 17.0. The minimum absolute atomic E-state index is 0.0934. The number of aryl methyl sites for hydroxylation is 2. The second-order valence-corrected chi connectivity index (χ2v) is 8.37. The van der Waals surface area contributed by atoms with Crippen LogP contribution in [0, 0.1) is 12.7 Å². The van der Waals surface area contributed by atoms with Crippen LogP contribution in [-0.2, 0) is 23.0 Å². The van der Waals surface area contributed by atoms with Crippen LogP contribution < -0.4 is 4.90 Å². The Hall–Kier alpha value is -1.86. The summed E-state index contributed by atoms with van der Waals surface area (Å²) < 4.78 is 45.2. The second-order valence-electron chi connectivity index (χ2n) is 6.29. The molecule has 0 spiro atoms. The summed E-state index contributed by atoms with van der Waals surface area (Å²) in [6.45, 7) is 2.94. The molecule has 1 aromatic carbocycles. The van der Waals surface area contributed by atoms with Crippen LogP contribution in [0.2, 0.25) is 0 Å². The summed E-state index contributed by atoms with van der Waals surface area (Å²) in [5.74, 6) is 0.264. The third-order valence-electron chi connectivity index (χ3n) is 4.20. The molecule has 0 unspecified atom stereocenters. The van der Waals surface area contributed by atoms with E-state index in [9.17, 15) is 12.8 Å². The molecule has 0 aliphatic carbocycles. The highest BCUT2D eigenvalue weighted by Gasteiger charge is 2.25. The van der Waals surface area contributed by atoms with E-state index < -0.39 is 10.0 Å². The Balaban J connectivity index is 1.88. The third-order valence-corrected chi connectivity index (χ3v) is 5.89. The number of hydrogen-bond donors (Lipinski definition) is 0. The number of hydrogen-bond acceptors (Lipinski definition) is 4. The Kier molecular flexibility index (Phi) is 4.40. The van der Waals surface area contributed by atoms with Gasteiger partial charge in [0.15, 0.2) is 0 Å². The SMILES string of the molecule is Cc1cc(F)c2c(c1)CCCN2Cc1ccc(S(=O)(=O)N(C)C)o1. The van der Waals surface area contributed by atoms with Crippen LogP contribution >= 0.6 is 0 Å². The molecule has 2 aromatic rings. The molecule has 0 saturated heterocycles. The van der Waals surface area contributed by atoms with Gasteiger partial charge in [0.05, 0.1) is 12.2 Å². The fourth-order valence-electron chi connectivity index (χ4n) is 3.03. The summed E-state index contributed by atoms with van der Waals surface area (Å²) in [5, 5.41) is -0.0934. The number of fused-ring (bicyclic) bond motifs is 1. The van der Waals surface area contributed by atoms with Gasteiger partial charge in [0, 0.05) is 20.6 Å². The maximum Gasteiger partial charge on any atom is 0.275 e. The molecular formula is C17H21FN2O3S. The molecule has 1 aliphatic heterocycles. The van der Waals surface area contributed by atoms with Crippen molar-refractivity contribution in [2.45, 2.75) is 31.4 Å². The van der Waals surface area contributed by atoms with Crippen molar-refractivity contribution in [3.8, 4) is 0 Å². The Morgan fingerprint density at radius 3 is 2.75 bits per heavy atom. The topological polar surface area (TPSA) is 53.8 Å².